The largest absolute Gasteiger partial charge is 0.469 e. The molecule has 4 rings (SSSR count). The van der Waals surface area contributed by atoms with Gasteiger partial charge in [-0.15, -0.1) is 0 Å². The van der Waals surface area contributed by atoms with Gasteiger partial charge in [0, 0.05) is 6.10 Å². The fourth-order valence-electron chi connectivity index (χ4n) is 9.24. The number of allylic oxidation sites excluding steroid dienone is 3. The quantitative estimate of drug-likeness (QED) is 0.227. The lowest BCUT2D eigenvalue weighted by molar-refractivity contribution is -0.168. The summed E-state index contributed by atoms with van der Waals surface area (Å²) in [7, 11) is -0.341. The normalized spacial score (nSPS) is 36.2. The molecule has 4 aliphatic rings. The molecule has 0 aliphatic heterocycles. The number of ether oxygens (including phenoxy) is 1. The maximum atomic E-state index is 12.7. The van der Waals surface area contributed by atoms with Crippen molar-refractivity contribution in [2.24, 2.45) is 39.9 Å². The highest BCUT2D eigenvalue weighted by molar-refractivity contribution is 6.74. The van der Waals surface area contributed by atoms with E-state index in [2.05, 4.69) is 66.8 Å². The molecule has 1 unspecified atom stereocenters. The second kappa shape index (κ2) is 10.9. The van der Waals surface area contributed by atoms with Crippen LogP contribution < -0.4 is 0 Å². The van der Waals surface area contributed by atoms with Gasteiger partial charge >= 0.3 is 5.97 Å². The number of hydrogen-bond donors (Lipinski definition) is 1. The van der Waals surface area contributed by atoms with Crippen LogP contribution in [-0.4, -0.2) is 38.2 Å². The molecule has 3 saturated carbocycles. The molecular formula is C36H62O4Si. The van der Waals surface area contributed by atoms with Crippen molar-refractivity contribution in [3.05, 3.63) is 23.3 Å². The first kappa shape index (κ1) is 33.0. The SMILES string of the molecule is COC(=O)C(C)(CC[C@@H](C)[C@H]1CC[C@H]2C3=CC=C4C[C@@H](O[Si](C)(C)C(C)(C)C)CC[C@]4(C)[C@H]3CC[C@]12C)C(C)(C)O. The van der Waals surface area contributed by atoms with E-state index in [0.29, 0.717) is 41.6 Å². The molecule has 41 heavy (non-hydrogen) atoms. The number of methoxy groups -OCH3 is 1. The van der Waals surface area contributed by atoms with Crippen LogP contribution in [0.1, 0.15) is 120 Å². The van der Waals surface area contributed by atoms with Gasteiger partial charge in [0.15, 0.2) is 8.32 Å². The number of rotatable bonds is 8. The molecule has 0 heterocycles. The molecule has 0 aromatic heterocycles. The molecule has 4 nitrogen and oxygen atoms in total. The van der Waals surface area contributed by atoms with Crippen molar-refractivity contribution >= 4 is 14.3 Å². The van der Waals surface area contributed by atoms with Gasteiger partial charge in [-0.1, -0.05) is 64.8 Å². The average molecular weight is 587 g/mol. The lowest BCUT2D eigenvalue weighted by Crippen LogP contribution is -2.49. The van der Waals surface area contributed by atoms with Crippen molar-refractivity contribution in [3.63, 3.8) is 0 Å². The lowest BCUT2D eigenvalue weighted by Gasteiger charge is -2.56. The van der Waals surface area contributed by atoms with Crippen LogP contribution in [0.25, 0.3) is 0 Å². The molecule has 0 amide bonds. The Kier molecular flexibility index (Phi) is 8.78. The molecule has 0 aromatic carbocycles. The summed E-state index contributed by atoms with van der Waals surface area (Å²) in [6.45, 7) is 24.7. The maximum absolute atomic E-state index is 12.7. The van der Waals surface area contributed by atoms with Gasteiger partial charge in [0.2, 0.25) is 0 Å². The third kappa shape index (κ3) is 5.59. The minimum absolute atomic E-state index is 0.248. The number of aliphatic hydroxyl groups is 1. The van der Waals surface area contributed by atoms with Crippen LogP contribution in [-0.2, 0) is 14.0 Å². The Morgan fingerprint density at radius 2 is 1.68 bits per heavy atom. The second-order valence-electron chi connectivity index (χ2n) is 17.3. The molecule has 3 fully saturated rings. The number of carbonyl (C=O) groups is 1. The molecule has 0 aromatic rings. The predicted molar refractivity (Wildman–Crippen MR) is 172 cm³/mol. The summed E-state index contributed by atoms with van der Waals surface area (Å²) in [6.07, 6.45) is 15.7. The molecule has 0 radical (unpaired) electrons. The van der Waals surface area contributed by atoms with E-state index in [1.54, 1.807) is 25.0 Å². The first-order valence-electron chi connectivity index (χ1n) is 16.6. The van der Waals surface area contributed by atoms with Gasteiger partial charge in [0.25, 0.3) is 0 Å². The second-order valence-corrected chi connectivity index (χ2v) is 22.0. The smallest absolute Gasteiger partial charge is 0.314 e. The van der Waals surface area contributed by atoms with Gasteiger partial charge in [0.1, 0.15) is 0 Å². The zero-order valence-electron chi connectivity index (χ0n) is 28.6. The molecule has 1 N–H and O–H groups in total. The van der Waals surface area contributed by atoms with E-state index in [1.165, 1.54) is 45.6 Å². The Bertz CT molecular complexity index is 1060. The van der Waals surface area contributed by atoms with Gasteiger partial charge in [0.05, 0.1) is 18.1 Å². The standard InChI is InChI=1S/C36H62O4Si/c1-24(17-22-36(9,31(37)39-10)33(5,6)38)28-15-16-29-27-14-13-25-23-26(40-41(11,12)32(2,3)4)18-20-34(25,7)30(27)19-21-35(28,29)8/h13-14,24,26,28-30,38H,15-23H2,1-12H3/t24-,26+,28-,29+,30+,34+,35-,36?/m1/s1. The first-order chi connectivity index (χ1) is 18.7. The van der Waals surface area contributed by atoms with E-state index in [-0.39, 0.29) is 16.4 Å². The van der Waals surface area contributed by atoms with E-state index in [9.17, 15) is 9.90 Å². The molecule has 4 aliphatic carbocycles. The molecule has 0 spiro atoms. The summed E-state index contributed by atoms with van der Waals surface area (Å²) in [5.74, 6) is 2.17. The first-order valence-corrected chi connectivity index (χ1v) is 19.5. The fourth-order valence-corrected chi connectivity index (χ4v) is 10.6. The fraction of sp³-hybridized carbons (Fsp3) is 0.861. The van der Waals surface area contributed by atoms with E-state index in [0.717, 1.165) is 12.8 Å². The summed E-state index contributed by atoms with van der Waals surface area (Å²) >= 11 is 0. The van der Waals surface area contributed by atoms with Crippen molar-refractivity contribution in [1.82, 2.24) is 0 Å². The zero-order valence-corrected chi connectivity index (χ0v) is 29.6. The van der Waals surface area contributed by atoms with E-state index in [1.807, 2.05) is 6.92 Å². The monoisotopic (exact) mass is 586 g/mol. The summed E-state index contributed by atoms with van der Waals surface area (Å²) in [5, 5.41) is 11.1. The molecule has 234 valence electrons. The third-order valence-electron chi connectivity index (χ3n) is 13.6. The van der Waals surface area contributed by atoms with Crippen molar-refractivity contribution in [3.8, 4) is 0 Å². The Balaban J connectivity index is 1.50. The maximum Gasteiger partial charge on any atom is 0.314 e. The zero-order chi connectivity index (χ0) is 30.8. The minimum Gasteiger partial charge on any atom is -0.469 e. The highest BCUT2D eigenvalue weighted by Crippen LogP contribution is 2.66. The summed E-state index contributed by atoms with van der Waals surface area (Å²) in [5.41, 5.74) is 1.93. The Hall–Kier alpha value is -0.913. The highest BCUT2D eigenvalue weighted by Gasteiger charge is 2.58. The number of carbonyl (C=O) groups excluding carboxylic acids is 1. The van der Waals surface area contributed by atoms with Crippen LogP contribution in [0.2, 0.25) is 18.1 Å². The number of fused-ring (bicyclic) bond motifs is 5. The molecule has 8 atom stereocenters. The van der Waals surface area contributed by atoms with Crippen LogP contribution in [0.4, 0.5) is 0 Å². The van der Waals surface area contributed by atoms with Crippen LogP contribution in [0, 0.1) is 39.9 Å². The topological polar surface area (TPSA) is 55.8 Å². The Labute approximate surface area is 253 Å². The predicted octanol–water partition coefficient (Wildman–Crippen LogP) is 9.24. The summed E-state index contributed by atoms with van der Waals surface area (Å²) in [4.78, 5) is 12.7. The molecular weight excluding hydrogens is 524 g/mol. The van der Waals surface area contributed by atoms with Crippen molar-refractivity contribution in [2.75, 3.05) is 7.11 Å². The van der Waals surface area contributed by atoms with Gasteiger partial charge in [-0.25, -0.2) is 0 Å². The lowest BCUT2D eigenvalue weighted by atomic mass is 9.50. The van der Waals surface area contributed by atoms with E-state index >= 15 is 0 Å². The number of hydrogen-bond acceptors (Lipinski definition) is 4. The van der Waals surface area contributed by atoms with Crippen LogP contribution in [0.15, 0.2) is 23.3 Å². The highest BCUT2D eigenvalue weighted by atomic mass is 28.4. The van der Waals surface area contributed by atoms with Gasteiger partial charge in [-0.05, 0) is 131 Å². The van der Waals surface area contributed by atoms with Gasteiger partial charge in [-0.2, -0.15) is 0 Å². The van der Waals surface area contributed by atoms with Crippen molar-refractivity contribution < 1.29 is 19.1 Å². The molecule has 5 heteroatoms. The van der Waals surface area contributed by atoms with E-state index in [4.69, 9.17) is 9.16 Å². The average Bonchev–Trinajstić information content (AvgIpc) is 3.22. The van der Waals surface area contributed by atoms with Crippen LogP contribution in [0.3, 0.4) is 0 Å². The van der Waals surface area contributed by atoms with Gasteiger partial charge < -0.3 is 14.3 Å². The Morgan fingerprint density at radius 3 is 2.27 bits per heavy atom. The summed E-state index contributed by atoms with van der Waals surface area (Å²) < 4.78 is 12.1. The Morgan fingerprint density at radius 1 is 1.02 bits per heavy atom. The molecule has 0 bridgehead atoms. The van der Waals surface area contributed by atoms with Crippen LogP contribution in [0.5, 0.6) is 0 Å². The van der Waals surface area contributed by atoms with E-state index < -0.39 is 19.3 Å². The summed E-state index contributed by atoms with van der Waals surface area (Å²) in [6, 6.07) is 0. The number of esters is 1. The van der Waals surface area contributed by atoms with Crippen molar-refractivity contribution in [2.45, 2.75) is 150 Å². The van der Waals surface area contributed by atoms with Crippen molar-refractivity contribution in [1.29, 1.82) is 0 Å². The van der Waals surface area contributed by atoms with Crippen LogP contribution >= 0.6 is 0 Å². The van der Waals surface area contributed by atoms with Gasteiger partial charge in [-0.3, -0.25) is 4.79 Å². The third-order valence-corrected chi connectivity index (χ3v) is 18.2. The minimum atomic E-state index is -1.77. The molecule has 0 saturated heterocycles.